The van der Waals surface area contributed by atoms with Gasteiger partial charge in [-0.15, -0.1) is 0 Å². The Hall–Kier alpha value is -2.10. The Morgan fingerprint density at radius 2 is 2.06 bits per heavy atom. The van der Waals surface area contributed by atoms with Crippen LogP contribution in [0.1, 0.15) is 22.8 Å². The molecular formula is C12H13NO3. The third-order valence-electron chi connectivity index (χ3n) is 2.04. The number of carbonyl (C=O) groups excluding carboxylic acids is 1. The normalized spacial score (nSPS) is 10.4. The minimum absolute atomic E-state index is 0.232. The first-order chi connectivity index (χ1) is 7.54. The van der Waals surface area contributed by atoms with Crippen molar-refractivity contribution in [3.05, 3.63) is 41.5 Å². The van der Waals surface area contributed by atoms with Crippen LogP contribution in [0.3, 0.4) is 0 Å². The van der Waals surface area contributed by atoms with Gasteiger partial charge in [-0.1, -0.05) is 6.08 Å². The van der Waals surface area contributed by atoms with Crippen LogP contribution in [0.4, 0.5) is 5.69 Å². The first-order valence-corrected chi connectivity index (χ1v) is 4.82. The van der Waals surface area contributed by atoms with E-state index in [9.17, 15) is 9.59 Å². The molecule has 0 spiro atoms. The summed E-state index contributed by atoms with van der Waals surface area (Å²) >= 11 is 0. The SMILES string of the molecule is CC=CC(=O)Nc1ccc(C(=O)O)c(C)c1. The summed E-state index contributed by atoms with van der Waals surface area (Å²) in [6.45, 7) is 3.44. The number of anilines is 1. The van der Waals surface area contributed by atoms with Crippen molar-refractivity contribution in [1.29, 1.82) is 0 Å². The summed E-state index contributed by atoms with van der Waals surface area (Å²) < 4.78 is 0. The number of hydrogen-bond acceptors (Lipinski definition) is 2. The first-order valence-electron chi connectivity index (χ1n) is 4.82. The predicted octanol–water partition coefficient (Wildman–Crippen LogP) is 2.21. The van der Waals surface area contributed by atoms with Crippen LogP contribution in [0.2, 0.25) is 0 Å². The van der Waals surface area contributed by atoms with E-state index in [2.05, 4.69) is 5.32 Å². The van der Waals surface area contributed by atoms with Gasteiger partial charge >= 0.3 is 5.97 Å². The molecule has 0 aliphatic rings. The van der Waals surface area contributed by atoms with Gasteiger partial charge in [0.25, 0.3) is 0 Å². The highest BCUT2D eigenvalue weighted by Gasteiger charge is 2.07. The van der Waals surface area contributed by atoms with Gasteiger partial charge in [-0.25, -0.2) is 4.79 Å². The summed E-state index contributed by atoms with van der Waals surface area (Å²) in [5.74, 6) is -1.20. The summed E-state index contributed by atoms with van der Waals surface area (Å²) in [7, 11) is 0. The van der Waals surface area contributed by atoms with Gasteiger partial charge < -0.3 is 10.4 Å². The molecule has 1 amide bonds. The maximum atomic E-state index is 11.2. The van der Waals surface area contributed by atoms with Gasteiger partial charge in [-0.3, -0.25) is 4.79 Å². The minimum Gasteiger partial charge on any atom is -0.478 e. The highest BCUT2D eigenvalue weighted by Crippen LogP contribution is 2.15. The molecule has 1 aromatic rings. The highest BCUT2D eigenvalue weighted by atomic mass is 16.4. The number of aromatic carboxylic acids is 1. The molecule has 1 aromatic carbocycles. The van der Waals surface area contributed by atoms with Crippen LogP contribution in [0.15, 0.2) is 30.4 Å². The molecule has 0 aliphatic heterocycles. The van der Waals surface area contributed by atoms with E-state index in [-0.39, 0.29) is 11.5 Å². The molecule has 2 N–H and O–H groups in total. The fourth-order valence-corrected chi connectivity index (χ4v) is 1.32. The summed E-state index contributed by atoms with van der Waals surface area (Å²) in [6, 6.07) is 4.67. The number of nitrogens with one attached hydrogen (secondary N) is 1. The largest absolute Gasteiger partial charge is 0.478 e. The Morgan fingerprint density at radius 3 is 2.56 bits per heavy atom. The number of aryl methyl sites for hydroxylation is 1. The van der Waals surface area contributed by atoms with Crippen molar-refractivity contribution in [1.82, 2.24) is 0 Å². The summed E-state index contributed by atoms with van der Waals surface area (Å²) in [5, 5.41) is 11.5. The fourth-order valence-electron chi connectivity index (χ4n) is 1.32. The highest BCUT2D eigenvalue weighted by molar-refractivity contribution is 5.99. The Labute approximate surface area is 93.6 Å². The van der Waals surface area contributed by atoms with E-state index in [0.29, 0.717) is 11.3 Å². The second-order valence-corrected chi connectivity index (χ2v) is 3.32. The number of carboxylic acid groups (broad SMARTS) is 1. The Balaban J connectivity index is 2.89. The zero-order valence-corrected chi connectivity index (χ0v) is 9.15. The number of carboxylic acids is 1. The molecule has 0 fully saturated rings. The van der Waals surface area contributed by atoms with Crippen molar-refractivity contribution in [3.8, 4) is 0 Å². The van der Waals surface area contributed by atoms with Crippen LogP contribution < -0.4 is 5.32 Å². The van der Waals surface area contributed by atoms with Crippen LogP contribution in [0.5, 0.6) is 0 Å². The lowest BCUT2D eigenvalue weighted by Gasteiger charge is -2.05. The van der Waals surface area contributed by atoms with E-state index in [4.69, 9.17) is 5.11 Å². The van der Waals surface area contributed by atoms with Gasteiger partial charge in [-0.2, -0.15) is 0 Å². The maximum Gasteiger partial charge on any atom is 0.335 e. The molecule has 0 bridgehead atoms. The Bertz CT molecular complexity index is 450. The van der Waals surface area contributed by atoms with Crippen LogP contribution in [-0.4, -0.2) is 17.0 Å². The molecule has 0 saturated heterocycles. The Kier molecular flexibility index (Phi) is 3.83. The van der Waals surface area contributed by atoms with Crippen LogP contribution in [0.25, 0.3) is 0 Å². The second-order valence-electron chi connectivity index (χ2n) is 3.32. The fraction of sp³-hybridized carbons (Fsp3) is 0.167. The third kappa shape index (κ3) is 2.95. The predicted molar refractivity (Wildman–Crippen MR) is 61.6 cm³/mol. The average molecular weight is 219 g/mol. The van der Waals surface area contributed by atoms with Gasteiger partial charge in [0, 0.05) is 5.69 Å². The van der Waals surface area contributed by atoms with E-state index in [1.807, 2.05) is 0 Å². The molecule has 4 nitrogen and oxygen atoms in total. The number of allylic oxidation sites excluding steroid dienone is 1. The molecule has 84 valence electrons. The van der Waals surface area contributed by atoms with Crippen molar-refractivity contribution in [2.24, 2.45) is 0 Å². The van der Waals surface area contributed by atoms with E-state index < -0.39 is 5.97 Å². The van der Waals surface area contributed by atoms with Crippen molar-refractivity contribution in [2.75, 3.05) is 5.32 Å². The number of carbonyl (C=O) groups is 2. The molecule has 0 unspecified atom stereocenters. The number of benzene rings is 1. The molecule has 0 radical (unpaired) electrons. The molecule has 0 aliphatic carbocycles. The van der Waals surface area contributed by atoms with E-state index >= 15 is 0 Å². The lowest BCUT2D eigenvalue weighted by molar-refractivity contribution is -0.111. The van der Waals surface area contributed by atoms with Crippen LogP contribution >= 0.6 is 0 Å². The van der Waals surface area contributed by atoms with Gasteiger partial charge in [0.1, 0.15) is 0 Å². The van der Waals surface area contributed by atoms with E-state index in [1.165, 1.54) is 12.1 Å². The zero-order valence-electron chi connectivity index (χ0n) is 9.15. The second kappa shape index (κ2) is 5.11. The summed E-state index contributed by atoms with van der Waals surface area (Å²) in [6.07, 6.45) is 3.04. The van der Waals surface area contributed by atoms with Gasteiger partial charge in [0.2, 0.25) is 5.91 Å². The molecule has 0 saturated carbocycles. The standard InChI is InChI=1S/C12H13NO3/c1-3-4-11(14)13-9-5-6-10(12(15)16)8(2)7-9/h3-7H,1-2H3,(H,13,14)(H,15,16). The molecular weight excluding hydrogens is 206 g/mol. The summed E-state index contributed by atoms with van der Waals surface area (Å²) in [4.78, 5) is 22.0. The monoisotopic (exact) mass is 219 g/mol. The minimum atomic E-state index is -0.969. The lowest BCUT2D eigenvalue weighted by Crippen LogP contribution is -2.08. The molecule has 0 atom stereocenters. The number of hydrogen-bond donors (Lipinski definition) is 2. The maximum absolute atomic E-state index is 11.2. The lowest BCUT2D eigenvalue weighted by atomic mass is 10.1. The van der Waals surface area contributed by atoms with E-state index in [0.717, 1.165) is 0 Å². The quantitative estimate of drug-likeness (QED) is 0.766. The van der Waals surface area contributed by atoms with E-state index in [1.54, 1.807) is 32.1 Å². The van der Waals surface area contributed by atoms with Gasteiger partial charge in [-0.05, 0) is 43.7 Å². The molecule has 0 aromatic heterocycles. The Morgan fingerprint density at radius 1 is 1.38 bits per heavy atom. The van der Waals surface area contributed by atoms with Crippen molar-refractivity contribution >= 4 is 17.6 Å². The van der Waals surface area contributed by atoms with Crippen molar-refractivity contribution in [2.45, 2.75) is 13.8 Å². The van der Waals surface area contributed by atoms with Crippen molar-refractivity contribution < 1.29 is 14.7 Å². The van der Waals surface area contributed by atoms with Gasteiger partial charge in [0.15, 0.2) is 0 Å². The smallest absolute Gasteiger partial charge is 0.335 e. The van der Waals surface area contributed by atoms with Gasteiger partial charge in [0.05, 0.1) is 5.56 Å². The van der Waals surface area contributed by atoms with Crippen LogP contribution in [-0.2, 0) is 4.79 Å². The zero-order chi connectivity index (χ0) is 12.1. The molecule has 4 heteroatoms. The molecule has 0 heterocycles. The number of amides is 1. The average Bonchev–Trinajstić information content (AvgIpc) is 2.17. The first kappa shape index (κ1) is 12.0. The summed E-state index contributed by atoms with van der Waals surface area (Å²) in [5.41, 5.74) is 1.44. The third-order valence-corrected chi connectivity index (χ3v) is 2.04. The topological polar surface area (TPSA) is 66.4 Å². The van der Waals surface area contributed by atoms with Crippen LogP contribution in [0, 0.1) is 6.92 Å². The molecule has 16 heavy (non-hydrogen) atoms. The molecule has 1 rings (SSSR count). The van der Waals surface area contributed by atoms with Crippen molar-refractivity contribution in [3.63, 3.8) is 0 Å². The number of rotatable bonds is 3.